The van der Waals surface area contributed by atoms with Crippen LogP contribution in [0.1, 0.15) is 44.9 Å². The smallest absolute Gasteiger partial charge is 0.0747 e. The summed E-state index contributed by atoms with van der Waals surface area (Å²) in [6.45, 7) is 1.36. The molecule has 0 amide bonds. The van der Waals surface area contributed by atoms with Crippen LogP contribution in [0.3, 0.4) is 0 Å². The van der Waals surface area contributed by atoms with Gasteiger partial charge in [0, 0.05) is 12.0 Å². The Morgan fingerprint density at radius 1 is 1.00 bits per heavy atom. The Hall–Kier alpha value is -0.120. The summed E-state index contributed by atoms with van der Waals surface area (Å²) < 4.78 is 5.47. The number of hydrogen-bond acceptors (Lipinski definition) is 3. The van der Waals surface area contributed by atoms with Crippen LogP contribution in [0.5, 0.6) is 0 Å². The largest absolute Gasteiger partial charge is 0.396 e. The first-order chi connectivity index (χ1) is 7.22. The fraction of sp³-hybridized carbons (Fsp3) is 1.00. The van der Waals surface area contributed by atoms with Crippen LogP contribution >= 0.6 is 0 Å². The summed E-state index contributed by atoms with van der Waals surface area (Å²) in [5.74, 6) is 0. The molecule has 1 unspecified atom stereocenters. The minimum Gasteiger partial charge on any atom is -0.396 e. The van der Waals surface area contributed by atoms with Crippen molar-refractivity contribution in [1.82, 2.24) is 0 Å². The maximum Gasteiger partial charge on any atom is 0.0747 e. The minimum atomic E-state index is -0.680. The van der Waals surface area contributed by atoms with E-state index in [9.17, 15) is 10.2 Å². The van der Waals surface area contributed by atoms with E-state index in [1.165, 1.54) is 6.42 Å². The first-order valence-corrected chi connectivity index (χ1v) is 6.13. The Morgan fingerprint density at radius 3 is 2.27 bits per heavy atom. The number of rotatable bonds is 2. The molecule has 2 fully saturated rings. The van der Waals surface area contributed by atoms with Gasteiger partial charge in [0.1, 0.15) is 0 Å². The quantitative estimate of drug-likeness (QED) is 0.732. The third-order valence-corrected chi connectivity index (χ3v) is 4.29. The Morgan fingerprint density at radius 2 is 1.73 bits per heavy atom. The van der Waals surface area contributed by atoms with Gasteiger partial charge in [-0.2, -0.15) is 0 Å². The van der Waals surface area contributed by atoms with E-state index in [0.29, 0.717) is 6.61 Å². The second kappa shape index (κ2) is 4.40. The lowest BCUT2D eigenvalue weighted by Crippen LogP contribution is -2.56. The van der Waals surface area contributed by atoms with Crippen LogP contribution in [0, 0.1) is 5.41 Å². The molecule has 0 spiro atoms. The van der Waals surface area contributed by atoms with Gasteiger partial charge >= 0.3 is 0 Å². The van der Waals surface area contributed by atoms with Crippen LogP contribution in [0.15, 0.2) is 0 Å². The van der Waals surface area contributed by atoms with Gasteiger partial charge in [-0.25, -0.2) is 0 Å². The number of hydrogen-bond donors (Lipinski definition) is 2. The van der Waals surface area contributed by atoms with Crippen molar-refractivity contribution in [2.75, 3.05) is 19.8 Å². The molecule has 0 aromatic rings. The molecule has 3 heteroatoms. The van der Waals surface area contributed by atoms with Gasteiger partial charge in [0.25, 0.3) is 0 Å². The van der Waals surface area contributed by atoms with E-state index in [4.69, 9.17) is 4.74 Å². The summed E-state index contributed by atoms with van der Waals surface area (Å²) in [7, 11) is 0. The molecule has 1 aliphatic carbocycles. The SMILES string of the molecule is OCC1(C2(O)CCCCC2)CCCOC1. The standard InChI is InChI=1S/C12H22O3/c13-9-11(5-4-8-15-10-11)12(14)6-2-1-3-7-12/h13-14H,1-10H2. The van der Waals surface area contributed by atoms with Gasteiger partial charge in [-0.3, -0.25) is 0 Å². The highest BCUT2D eigenvalue weighted by Crippen LogP contribution is 2.46. The zero-order valence-electron chi connectivity index (χ0n) is 9.37. The van der Waals surface area contributed by atoms with Gasteiger partial charge in [-0.05, 0) is 25.7 Å². The second-order valence-electron chi connectivity index (χ2n) is 5.19. The zero-order chi connectivity index (χ0) is 10.8. The van der Waals surface area contributed by atoms with E-state index in [1.807, 2.05) is 0 Å². The van der Waals surface area contributed by atoms with Gasteiger partial charge in [-0.15, -0.1) is 0 Å². The highest BCUT2D eigenvalue weighted by atomic mass is 16.5. The highest BCUT2D eigenvalue weighted by Gasteiger charge is 2.50. The van der Waals surface area contributed by atoms with Crippen molar-refractivity contribution in [2.45, 2.75) is 50.5 Å². The van der Waals surface area contributed by atoms with Crippen molar-refractivity contribution in [2.24, 2.45) is 5.41 Å². The van der Waals surface area contributed by atoms with E-state index in [1.54, 1.807) is 0 Å². The molecule has 0 aromatic heterocycles. The third kappa shape index (κ3) is 1.93. The Balaban J connectivity index is 2.15. The Labute approximate surface area is 91.4 Å². The molecule has 1 saturated heterocycles. The number of aliphatic hydroxyl groups is 2. The lowest BCUT2D eigenvalue weighted by molar-refractivity contribution is -0.180. The predicted octanol–water partition coefficient (Wildman–Crippen LogP) is 1.47. The third-order valence-electron chi connectivity index (χ3n) is 4.29. The topological polar surface area (TPSA) is 49.7 Å². The monoisotopic (exact) mass is 214 g/mol. The van der Waals surface area contributed by atoms with Gasteiger partial charge in [0.05, 0.1) is 18.8 Å². The fourth-order valence-corrected chi connectivity index (χ4v) is 3.16. The van der Waals surface area contributed by atoms with E-state index in [0.717, 1.165) is 45.1 Å². The van der Waals surface area contributed by atoms with E-state index in [-0.39, 0.29) is 12.0 Å². The van der Waals surface area contributed by atoms with Crippen LogP contribution in [-0.2, 0) is 4.74 Å². The summed E-state index contributed by atoms with van der Waals surface area (Å²) >= 11 is 0. The predicted molar refractivity (Wildman–Crippen MR) is 57.6 cm³/mol. The number of ether oxygens (including phenoxy) is 1. The van der Waals surface area contributed by atoms with Crippen molar-refractivity contribution >= 4 is 0 Å². The summed E-state index contributed by atoms with van der Waals surface area (Å²) in [6, 6.07) is 0. The average Bonchev–Trinajstić information content (AvgIpc) is 2.31. The molecule has 2 rings (SSSR count). The molecule has 3 nitrogen and oxygen atoms in total. The van der Waals surface area contributed by atoms with E-state index in [2.05, 4.69) is 0 Å². The molecule has 1 atom stereocenters. The van der Waals surface area contributed by atoms with Gasteiger partial charge in [0.2, 0.25) is 0 Å². The molecule has 1 aliphatic heterocycles. The molecule has 0 aromatic carbocycles. The van der Waals surface area contributed by atoms with Crippen LogP contribution in [-0.4, -0.2) is 35.6 Å². The fourth-order valence-electron chi connectivity index (χ4n) is 3.16. The van der Waals surface area contributed by atoms with Crippen molar-refractivity contribution in [3.8, 4) is 0 Å². The van der Waals surface area contributed by atoms with E-state index < -0.39 is 5.60 Å². The maximum atomic E-state index is 10.7. The molecule has 88 valence electrons. The first-order valence-electron chi connectivity index (χ1n) is 6.13. The summed E-state index contributed by atoms with van der Waals surface area (Å²) in [4.78, 5) is 0. The first kappa shape index (κ1) is 11.4. The van der Waals surface area contributed by atoms with Crippen molar-refractivity contribution < 1.29 is 14.9 Å². The van der Waals surface area contributed by atoms with Crippen molar-refractivity contribution in [3.05, 3.63) is 0 Å². The van der Waals surface area contributed by atoms with Crippen LogP contribution in [0.25, 0.3) is 0 Å². The highest BCUT2D eigenvalue weighted by molar-refractivity contribution is 5.01. The molecule has 2 N–H and O–H groups in total. The van der Waals surface area contributed by atoms with Gasteiger partial charge in [-0.1, -0.05) is 19.3 Å². The molecule has 1 saturated carbocycles. The van der Waals surface area contributed by atoms with Crippen LogP contribution < -0.4 is 0 Å². The molecule has 0 radical (unpaired) electrons. The van der Waals surface area contributed by atoms with Crippen LogP contribution in [0.4, 0.5) is 0 Å². The lowest BCUT2D eigenvalue weighted by atomic mass is 9.63. The molecule has 1 heterocycles. The minimum absolute atomic E-state index is 0.0590. The molecular formula is C12H22O3. The van der Waals surface area contributed by atoms with Gasteiger partial charge < -0.3 is 14.9 Å². The van der Waals surface area contributed by atoms with Crippen molar-refractivity contribution in [3.63, 3.8) is 0 Å². The summed E-state index contributed by atoms with van der Waals surface area (Å²) in [5.41, 5.74) is -1.06. The Bertz CT molecular complexity index is 203. The molecule has 0 bridgehead atoms. The average molecular weight is 214 g/mol. The van der Waals surface area contributed by atoms with Gasteiger partial charge in [0.15, 0.2) is 0 Å². The molecule has 2 aliphatic rings. The Kier molecular flexibility index (Phi) is 3.33. The second-order valence-corrected chi connectivity index (χ2v) is 5.19. The summed E-state index contributed by atoms with van der Waals surface area (Å²) in [5, 5.41) is 20.3. The van der Waals surface area contributed by atoms with E-state index >= 15 is 0 Å². The molecular weight excluding hydrogens is 192 g/mol. The number of aliphatic hydroxyl groups excluding tert-OH is 1. The van der Waals surface area contributed by atoms with Crippen LogP contribution in [0.2, 0.25) is 0 Å². The lowest BCUT2D eigenvalue weighted by Gasteiger charge is -2.50. The normalized spacial score (nSPS) is 36.4. The molecule has 15 heavy (non-hydrogen) atoms. The zero-order valence-corrected chi connectivity index (χ0v) is 9.37. The van der Waals surface area contributed by atoms with Crippen molar-refractivity contribution in [1.29, 1.82) is 0 Å². The summed E-state index contributed by atoms with van der Waals surface area (Å²) in [6.07, 6.45) is 6.90. The maximum absolute atomic E-state index is 10.7.